The Kier molecular flexibility index (Phi) is 7.00. The van der Waals surface area contributed by atoms with Gasteiger partial charge in [0.25, 0.3) is 5.60 Å². The molecular weight excluding hydrogens is 466 g/mol. The molecule has 0 radical (unpaired) electrons. The largest absolute Gasteiger partial charge is 0.491 e. The highest BCUT2D eigenvalue weighted by Gasteiger charge is 2.47. The maximum atomic E-state index is 12.6. The molecule has 36 heavy (non-hydrogen) atoms. The molecule has 1 aromatic carbocycles. The van der Waals surface area contributed by atoms with Crippen LogP contribution < -0.4 is 9.47 Å². The zero-order valence-electron chi connectivity index (χ0n) is 21.4. The first-order chi connectivity index (χ1) is 17.2. The van der Waals surface area contributed by atoms with Crippen LogP contribution in [0.5, 0.6) is 11.5 Å². The van der Waals surface area contributed by atoms with E-state index in [9.17, 15) is 9.59 Å². The van der Waals surface area contributed by atoms with Crippen molar-refractivity contribution in [3.05, 3.63) is 30.2 Å². The first-order valence-corrected chi connectivity index (χ1v) is 12.0. The second kappa shape index (κ2) is 10.00. The zero-order valence-corrected chi connectivity index (χ0v) is 21.4. The molecule has 0 amide bonds. The van der Waals surface area contributed by atoms with Crippen LogP contribution in [0.3, 0.4) is 0 Å². The van der Waals surface area contributed by atoms with Crippen LogP contribution in [0.1, 0.15) is 46.5 Å². The van der Waals surface area contributed by atoms with Gasteiger partial charge in [-0.25, -0.2) is 24.2 Å². The van der Waals surface area contributed by atoms with E-state index < -0.39 is 17.5 Å². The summed E-state index contributed by atoms with van der Waals surface area (Å²) in [7, 11) is 0. The number of fused-ring (bicyclic) bond motifs is 3. The summed E-state index contributed by atoms with van der Waals surface area (Å²) in [6.45, 7) is 11.7. The molecule has 0 spiro atoms. The van der Waals surface area contributed by atoms with Crippen molar-refractivity contribution >= 4 is 11.9 Å². The third kappa shape index (κ3) is 4.65. The molecule has 0 atom stereocenters. The molecule has 192 valence electrons. The van der Waals surface area contributed by atoms with Crippen LogP contribution in [-0.4, -0.2) is 61.7 Å². The Labute approximate surface area is 209 Å². The van der Waals surface area contributed by atoms with Crippen LogP contribution in [-0.2, 0) is 25.6 Å². The van der Waals surface area contributed by atoms with E-state index in [1.54, 1.807) is 32.0 Å². The van der Waals surface area contributed by atoms with Crippen molar-refractivity contribution in [3.8, 4) is 34.4 Å². The molecule has 3 aromatic rings. The molecule has 1 aliphatic heterocycles. The van der Waals surface area contributed by atoms with Crippen molar-refractivity contribution in [1.82, 2.24) is 24.3 Å². The minimum absolute atomic E-state index is 0.0968. The zero-order chi connectivity index (χ0) is 26.0. The van der Waals surface area contributed by atoms with E-state index in [0.29, 0.717) is 42.1 Å². The molecule has 11 heteroatoms. The third-order valence-electron chi connectivity index (χ3n) is 5.67. The third-order valence-corrected chi connectivity index (χ3v) is 5.67. The van der Waals surface area contributed by atoms with Gasteiger partial charge in [0, 0.05) is 18.3 Å². The molecule has 3 heterocycles. The number of hydrogen-bond acceptors (Lipinski definition) is 9. The lowest BCUT2D eigenvalue weighted by Crippen LogP contribution is -2.51. The summed E-state index contributed by atoms with van der Waals surface area (Å²) in [6, 6.07) is 5.21. The topological polar surface area (TPSA) is 120 Å². The number of ether oxygens (including phenoxy) is 4. The normalized spacial score (nSPS) is 12.9. The summed E-state index contributed by atoms with van der Waals surface area (Å²) in [5.74, 6) is 1.20. The smallest absolute Gasteiger partial charge is 0.362 e. The van der Waals surface area contributed by atoms with E-state index in [1.807, 2.05) is 36.2 Å². The Morgan fingerprint density at radius 3 is 2.44 bits per heavy atom. The molecular formula is C25H31N5O6. The van der Waals surface area contributed by atoms with E-state index >= 15 is 0 Å². The van der Waals surface area contributed by atoms with Gasteiger partial charge in [-0.15, -0.1) is 0 Å². The van der Waals surface area contributed by atoms with Crippen LogP contribution in [0, 0.1) is 6.92 Å². The van der Waals surface area contributed by atoms with Gasteiger partial charge in [0.05, 0.1) is 25.3 Å². The standard InChI is InChI=1S/C25H31N5O6/c1-7-33-23(31)25(6,24(32)34-8-2)36-17-9-10-18-20(13-17)35-12-11-29-14-19(27-21(18)29)22-26-16(5)28-30(22)15(3)4/h9-10,13-15H,7-8,11-12H2,1-6H3. The Balaban J connectivity index is 1.70. The molecule has 0 N–H and O–H groups in total. The molecule has 0 saturated heterocycles. The fraction of sp³-hybridized carbons (Fsp3) is 0.480. The predicted molar refractivity (Wildman–Crippen MR) is 130 cm³/mol. The lowest BCUT2D eigenvalue weighted by molar-refractivity contribution is -0.177. The van der Waals surface area contributed by atoms with E-state index in [-0.39, 0.29) is 25.0 Å². The minimum atomic E-state index is -1.96. The van der Waals surface area contributed by atoms with Crippen molar-refractivity contribution in [2.75, 3.05) is 19.8 Å². The van der Waals surface area contributed by atoms with Gasteiger partial charge in [-0.3, -0.25) is 0 Å². The van der Waals surface area contributed by atoms with Crippen molar-refractivity contribution in [1.29, 1.82) is 0 Å². The van der Waals surface area contributed by atoms with Crippen LogP contribution in [0.15, 0.2) is 24.4 Å². The van der Waals surface area contributed by atoms with Gasteiger partial charge < -0.3 is 23.5 Å². The number of esters is 2. The number of benzene rings is 1. The number of aromatic nitrogens is 5. The Bertz CT molecular complexity index is 1260. The minimum Gasteiger partial charge on any atom is -0.491 e. The van der Waals surface area contributed by atoms with Gasteiger partial charge in [-0.2, -0.15) is 5.10 Å². The highest BCUT2D eigenvalue weighted by atomic mass is 16.6. The fourth-order valence-electron chi connectivity index (χ4n) is 3.94. The average Bonchev–Trinajstić information content (AvgIpc) is 3.39. The summed E-state index contributed by atoms with van der Waals surface area (Å²) in [5, 5.41) is 4.50. The highest BCUT2D eigenvalue weighted by Crippen LogP contribution is 2.37. The average molecular weight is 498 g/mol. The number of aryl methyl sites for hydroxylation is 1. The molecule has 1 aliphatic rings. The van der Waals surface area contributed by atoms with Gasteiger partial charge in [0.1, 0.15) is 35.4 Å². The SMILES string of the molecule is CCOC(=O)C(C)(Oc1ccc2c(c1)OCCn1cc(-c3nc(C)nn3C(C)C)nc1-2)C(=O)OCC. The number of hydrogen-bond donors (Lipinski definition) is 0. The summed E-state index contributed by atoms with van der Waals surface area (Å²) in [6.07, 6.45) is 1.94. The number of carbonyl (C=O) groups excluding carboxylic acids is 2. The van der Waals surface area contributed by atoms with Crippen LogP contribution in [0.2, 0.25) is 0 Å². The predicted octanol–water partition coefficient (Wildman–Crippen LogP) is 3.35. The molecule has 11 nitrogen and oxygen atoms in total. The number of carbonyl (C=O) groups is 2. The Morgan fingerprint density at radius 1 is 1.11 bits per heavy atom. The van der Waals surface area contributed by atoms with E-state index in [4.69, 9.17) is 23.9 Å². The van der Waals surface area contributed by atoms with Gasteiger partial charge in [-0.1, -0.05) is 0 Å². The molecule has 0 bridgehead atoms. The summed E-state index contributed by atoms with van der Waals surface area (Å²) < 4.78 is 25.9. The van der Waals surface area contributed by atoms with Gasteiger partial charge >= 0.3 is 11.9 Å². The van der Waals surface area contributed by atoms with Gasteiger partial charge in [0.15, 0.2) is 5.82 Å². The summed E-state index contributed by atoms with van der Waals surface area (Å²) in [5.41, 5.74) is -0.507. The Morgan fingerprint density at radius 2 is 1.81 bits per heavy atom. The van der Waals surface area contributed by atoms with Gasteiger partial charge in [-0.05, 0) is 53.7 Å². The number of imidazole rings is 1. The number of nitrogens with zero attached hydrogens (tertiary/aromatic N) is 5. The highest BCUT2D eigenvalue weighted by molar-refractivity contribution is 6.03. The fourth-order valence-corrected chi connectivity index (χ4v) is 3.94. The lowest BCUT2D eigenvalue weighted by atomic mass is 10.1. The first-order valence-electron chi connectivity index (χ1n) is 12.0. The van der Waals surface area contributed by atoms with E-state index in [0.717, 1.165) is 5.56 Å². The van der Waals surface area contributed by atoms with Crippen LogP contribution >= 0.6 is 0 Å². The van der Waals surface area contributed by atoms with Crippen molar-refractivity contribution in [2.24, 2.45) is 0 Å². The number of rotatable bonds is 8. The molecule has 0 unspecified atom stereocenters. The molecule has 0 aliphatic carbocycles. The molecule has 2 aromatic heterocycles. The summed E-state index contributed by atoms with van der Waals surface area (Å²) in [4.78, 5) is 34.6. The molecule has 0 saturated carbocycles. The van der Waals surface area contributed by atoms with Crippen LogP contribution in [0.4, 0.5) is 0 Å². The second-order valence-electron chi connectivity index (χ2n) is 8.75. The second-order valence-corrected chi connectivity index (χ2v) is 8.75. The maximum absolute atomic E-state index is 12.6. The first kappa shape index (κ1) is 25.2. The maximum Gasteiger partial charge on any atom is 0.362 e. The molecule has 0 fully saturated rings. The monoisotopic (exact) mass is 497 g/mol. The quantitative estimate of drug-likeness (QED) is 0.341. The van der Waals surface area contributed by atoms with Crippen molar-refractivity contribution in [3.63, 3.8) is 0 Å². The lowest BCUT2D eigenvalue weighted by Gasteiger charge is -2.26. The Hall–Kier alpha value is -3.89. The van der Waals surface area contributed by atoms with Crippen molar-refractivity contribution < 1.29 is 28.5 Å². The van der Waals surface area contributed by atoms with E-state index in [1.165, 1.54) is 6.92 Å². The molecule has 4 rings (SSSR count). The van der Waals surface area contributed by atoms with Crippen LogP contribution in [0.25, 0.3) is 22.9 Å². The van der Waals surface area contributed by atoms with Gasteiger partial charge in [0.2, 0.25) is 0 Å². The van der Waals surface area contributed by atoms with Crippen molar-refractivity contribution in [2.45, 2.75) is 59.7 Å². The summed E-state index contributed by atoms with van der Waals surface area (Å²) >= 11 is 0. The van der Waals surface area contributed by atoms with E-state index in [2.05, 4.69) is 10.1 Å².